The number of sulfonamides is 1. The summed E-state index contributed by atoms with van der Waals surface area (Å²) in [5, 5.41) is 9.67. The Labute approximate surface area is 117 Å². The third-order valence-electron chi connectivity index (χ3n) is 4.24. The molecule has 0 radical (unpaired) electrons. The second kappa shape index (κ2) is 4.36. The van der Waals surface area contributed by atoms with Gasteiger partial charge in [0.25, 0.3) is 0 Å². The summed E-state index contributed by atoms with van der Waals surface area (Å²) in [6, 6.07) is 4.01. The van der Waals surface area contributed by atoms with E-state index in [2.05, 4.69) is 4.72 Å². The van der Waals surface area contributed by atoms with Crippen molar-refractivity contribution in [2.45, 2.75) is 42.5 Å². The van der Waals surface area contributed by atoms with Crippen LogP contribution in [0.2, 0.25) is 5.02 Å². The van der Waals surface area contributed by atoms with Gasteiger partial charge in [-0.3, -0.25) is 0 Å². The van der Waals surface area contributed by atoms with Crippen LogP contribution in [-0.4, -0.2) is 19.1 Å². The Morgan fingerprint density at radius 3 is 2.47 bits per heavy atom. The molecule has 104 valence electrons. The van der Waals surface area contributed by atoms with Crippen LogP contribution >= 0.6 is 11.6 Å². The lowest BCUT2D eigenvalue weighted by molar-refractivity contribution is 0.233. The third-order valence-corrected chi connectivity index (χ3v) is 6.11. The van der Waals surface area contributed by atoms with Crippen LogP contribution in [0.1, 0.15) is 32.1 Å². The van der Waals surface area contributed by atoms with Crippen LogP contribution in [0, 0.1) is 5.92 Å². The number of nitrogens with one attached hydrogen (secondary N) is 1. The second-order valence-corrected chi connectivity index (χ2v) is 7.59. The molecule has 0 unspecified atom stereocenters. The molecule has 0 aliphatic heterocycles. The monoisotopic (exact) mass is 301 g/mol. The van der Waals surface area contributed by atoms with E-state index in [1.807, 2.05) is 0 Å². The van der Waals surface area contributed by atoms with E-state index in [1.165, 1.54) is 24.6 Å². The van der Waals surface area contributed by atoms with Gasteiger partial charge in [-0.25, -0.2) is 13.1 Å². The number of hydrogen-bond donors (Lipinski definition) is 2. The Hall–Kier alpha value is -0.780. The molecule has 2 aliphatic rings. The maximum absolute atomic E-state index is 12.3. The molecule has 1 aromatic rings. The number of halogens is 1. The zero-order valence-electron chi connectivity index (χ0n) is 10.4. The van der Waals surface area contributed by atoms with Gasteiger partial charge < -0.3 is 5.11 Å². The van der Waals surface area contributed by atoms with Crippen LogP contribution in [0.5, 0.6) is 5.75 Å². The molecule has 2 saturated carbocycles. The van der Waals surface area contributed by atoms with E-state index < -0.39 is 10.0 Å². The van der Waals surface area contributed by atoms with Crippen LogP contribution in [0.4, 0.5) is 0 Å². The summed E-state index contributed by atoms with van der Waals surface area (Å²) >= 11 is 5.69. The fraction of sp³-hybridized carbons (Fsp3) is 0.538. The molecular formula is C13H16ClNO3S. The predicted molar refractivity (Wildman–Crippen MR) is 72.7 cm³/mol. The lowest BCUT2D eigenvalue weighted by atomic mass is 9.78. The predicted octanol–water partition coefficient (Wildman–Crippen LogP) is 2.66. The van der Waals surface area contributed by atoms with Gasteiger partial charge >= 0.3 is 0 Å². The number of hydrogen-bond acceptors (Lipinski definition) is 3. The number of rotatable bonds is 4. The fourth-order valence-electron chi connectivity index (χ4n) is 2.68. The summed E-state index contributed by atoms with van der Waals surface area (Å²) in [7, 11) is -3.58. The van der Waals surface area contributed by atoms with Crippen molar-refractivity contribution in [3.05, 3.63) is 23.2 Å². The summed E-state index contributed by atoms with van der Waals surface area (Å²) < 4.78 is 27.5. The number of aromatic hydroxyl groups is 1. The molecule has 6 heteroatoms. The van der Waals surface area contributed by atoms with Crippen LogP contribution < -0.4 is 4.72 Å². The van der Waals surface area contributed by atoms with Crippen molar-refractivity contribution < 1.29 is 13.5 Å². The average Bonchev–Trinajstić information content (AvgIpc) is 2.98. The first-order valence-corrected chi connectivity index (χ1v) is 8.32. The highest BCUT2D eigenvalue weighted by Crippen LogP contribution is 2.51. The van der Waals surface area contributed by atoms with Gasteiger partial charge in [-0.05, 0) is 43.7 Å². The lowest BCUT2D eigenvalue weighted by Gasteiger charge is -2.34. The highest BCUT2D eigenvalue weighted by Gasteiger charge is 2.53. The molecule has 0 saturated heterocycles. The maximum atomic E-state index is 12.3. The van der Waals surface area contributed by atoms with Crippen LogP contribution in [0.15, 0.2) is 23.1 Å². The first-order chi connectivity index (χ1) is 8.93. The summed E-state index contributed by atoms with van der Waals surface area (Å²) in [6.45, 7) is 0. The number of phenols is 1. The standard InChI is InChI=1S/C13H16ClNO3S/c14-11-5-4-10(8-12(11)16)19(17,18)15-13(6-7-13)9-2-1-3-9/h4-5,8-9,15-16H,1-3,6-7H2. The molecule has 0 spiro atoms. The highest BCUT2D eigenvalue weighted by atomic mass is 35.5. The first-order valence-electron chi connectivity index (χ1n) is 6.45. The summed E-state index contributed by atoms with van der Waals surface area (Å²) in [5.74, 6) is 0.265. The quantitative estimate of drug-likeness (QED) is 0.898. The van der Waals surface area contributed by atoms with Crippen LogP contribution in [0.3, 0.4) is 0 Å². The Balaban J connectivity index is 1.84. The van der Waals surface area contributed by atoms with Gasteiger partial charge in [0.1, 0.15) is 5.75 Å². The van der Waals surface area contributed by atoms with E-state index in [-0.39, 0.29) is 21.2 Å². The van der Waals surface area contributed by atoms with E-state index in [9.17, 15) is 13.5 Å². The Bertz CT molecular complexity index is 606. The molecular weight excluding hydrogens is 286 g/mol. The zero-order chi connectivity index (χ0) is 13.7. The Morgan fingerprint density at radius 1 is 1.32 bits per heavy atom. The van der Waals surface area contributed by atoms with E-state index >= 15 is 0 Å². The van der Waals surface area contributed by atoms with Crippen molar-refractivity contribution in [2.24, 2.45) is 5.92 Å². The van der Waals surface area contributed by atoms with E-state index in [1.54, 1.807) is 0 Å². The molecule has 0 amide bonds. The van der Waals surface area contributed by atoms with Gasteiger partial charge in [-0.1, -0.05) is 18.0 Å². The average molecular weight is 302 g/mol. The topological polar surface area (TPSA) is 66.4 Å². The van der Waals surface area contributed by atoms with Gasteiger partial charge in [0, 0.05) is 11.6 Å². The highest BCUT2D eigenvalue weighted by molar-refractivity contribution is 7.89. The van der Waals surface area contributed by atoms with Gasteiger partial charge in [-0.2, -0.15) is 0 Å². The molecule has 0 bridgehead atoms. The van der Waals surface area contributed by atoms with Crippen molar-refractivity contribution in [1.29, 1.82) is 0 Å². The van der Waals surface area contributed by atoms with Crippen molar-refractivity contribution in [3.8, 4) is 5.75 Å². The number of phenolic OH excluding ortho intramolecular Hbond substituents is 1. The molecule has 0 atom stereocenters. The van der Waals surface area contributed by atoms with Crippen molar-refractivity contribution in [2.75, 3.05) is 0 Å². The molecule has 3 rings (SSSR count). The van der Waals surface area contributed by atoms with E-state index in [4.69, 9.17) is 11.6 Å². The molecule has 4 nitrogen and oxygen atoms in total. The van der Waals surface area contributed by atoms with E-state index in [0.717, 1.165) is 25.7 Å². The van der Waals surface area contributed by atoms with Crippen LogP contribution in [-0.2, 0) is 10.0 Å². The molecule has 0 heterocycles. The Kier molecular flexibility index (Phi) is 3.04. The molecule has 1 aromatic carbocycles. The van der Waals surface area contributed by atoms with Crippen molar-refractivity contribution in [1.82, 2.24) is 4.72 Å². The third kappa shape index (κ3) is 2.35. The fourth-order valence-corrected chi connectivity index (χ4v) is 4.33. The SMILES string of the molecule is O=S(=O)(NC1(C2CCC2)CC1)c1ccc(Cl)c(O)c1. The van der Waals surface area contributed by atoms with Gasteiger partial charge in [0.15, 0.2) is 0 Å². The maximum Gasteiger partial charge on any atom is 0.241 e. The smallest absolute Gasteiger partial charge is 0.241 e. The normalized spacial score (nSPS) is 21.9. The minimum absolute atomic E-state index is 0.0694. The summed E-state index contributed by atoms with van der Waals surface area (Å²) in [5.41, 5.74) is -0.230. The van der Waals surface area contributed by atoms with Gasteiger partial charge in [0.05, 0.1) is 9.92 Å². The van der Waals surface area contributed by atoms with E-state index in [0.29, 0.717) is 5.92 Å². The molecule has 2 N–H and O–H groups in total. The van der Waals surface area contributed by atoms with Crippen molar-refractivity contribution >= 4 is 21.6 Å². The largest absolute Gasteiger partial charge is 0.506 e. The molecule has 2 fully saturated rings. The summed E-state index contributed by atoms with van der Waals surface area (Å²) in [6.07, 6.45) is 5.23. The van der Waals surface area contributed by atoms with Gasteiger partial charge in [0.2, 0.25) is 10.0 Å². The second-order valence-electron chi connectivity index (χ2n) is 5.50. The summed E-state index contributed by atoms with van der Waals surface area (Å²) in [4.78, 5) is 0.0694. The van der Waals surface area contributed by atoms with Crippen molar-refractivity contribution in [3.63, 3.8) is 0 Å². The minimum Gasteiger partial charge on any atom is -0.506 e. The molecule has 2 aliphatic carbocycles. The zero-order valence-corrected chi connectivity index (χ0v) is 12.0. The number of benzene rings is 1. The van der Waals surface area contributed by atoms with Gasteiger partial charge in [-0.15, -0.1) is 0 Å². The lowest BCUT2D eigenvalue weighted by Crippen LogP contribution is -2.44. The van der Waals surface area contributed by atoms with Crippen LogP contribution in [0.25, 0.3) is 0 Å². The minimum atomic E-state index is -3.58. The molecule has 0 aromatic heterocycles. The Morgan fingerprint density at radius 2 is 2.00 bits per heavy atom. The first kappa shape index (κ1) is 13.2. The molecule has 19 heavy (non-hydrogen) atoms.